The van der Waals surface area contributed by atoms with Crippen molar-refractivity contribution in [2.75, 3.05) is 17.3 Å². The number of hydrogen-bond acceptors (Lipinski definition) is 2. The van der Waals surface area contributed by atoms with Crippen LogP contribution in [0.25, 0.3) is 0 Å². The Hall–Kier alpha value is -0.190. The van der Waals surface area contributed by atoms with E-state index in [0.29, 0.717) is 17.1 Å². The molecule has 0 saturated heterocycles. The number of carbonyl (C=O) groups excluding carboxylic acids is 1. The topological polar surface area (TPSA) is 29.1 Å². The fraction of sp³-hybridized carbons (Fsp3) is 0.300. The Morgan fingerprint density at radius 3 is 3.00 bits per heavy atom. The Bertz CT molecular complexity index is 359. The van der Waals surface area contributed by atoms with Crippen LogP contribution in [0, 0.1) is 0 Å². The number of nitrogens with one attached hydrogen (secondary N) is 1. The summed E-state index contributed by atoms with van der Waals surface area (Å²) in [5.41, 5.74) is 0.716. The maximum Gasteiger partial charge on any atom is 0.225 e. The van der Waals surface area contributed by atoms with Gasteiger partial charge in [0.2, 0.25) is 5.91 Å². The van der Waals surface area contributed by atoms with E-state index in [4.69, 9.17) is 11.6 Å². The number of hydrogen-bond donors (Lipinski definition) is 1. The molecule has 0 aliphatic heterocycles. The Balaban J connectivity index is 2.63. The second-order valence-electron chi connectivity index (χ2n) is 2.92. The molecule has 1 rings (SSSR count). The molecule has 0 atom stereocenters. The average molecular weight is 309 g/mol. The molecule has 0 aliphatic carbocycles. The quantitative estimate of drug-likeness (QED) is 0.917. The standard InChI is InChI=1S/C10H11BrClNOS/c1-15-5-4-10(14)13-9-6-7(12)2-3-8(9)11/h2-3,6H,4-5H2,1H3,(H,13,14). The second-order valence-corrected chi connectivity index (χ2v) is 5.19. The van der Waals surface area contributed by atoms with E-state index in [-0.39, 0.29) is 5.91 Å². The van der Waals surface area contributed by atoms with Gasteiger partial charge in [-0.1, -0.05) is 11.6 Å². The number of benzene rings is 1. The number of thioether (sulfide) groups is 1. The van der Waals surface area contributed by atoms with Gasteiger partial charge in [-0.25, -0.2) is 0 Å². The first kappa shape index (κ1) is 12.9. The number of anilines is 1. The number of rotatable bonds is 4. The third kappa shape index (κ3) is 4.45. The SMILES string of the molecule is CSCCC(=O)Nc1cc(Cl)ccc1Br. The Morgan fingerprint density at radius 2 is 2.33 bits per heavy atom. The van der Waals surface area contributed by atoms with Gasteiger partial charge in [0.1, 0.15) is 0 Å². The lowest BCUT2D eigenvalue weighted by molar-refractivity contribution is -0.115. The molecular weight excluding hydrogens is 298 g/mol. The van der Waals surface area contributed by atoms with Crippen LogP contribution in [0.1, 0.15) is 6.42 Å². The molecule has 0 spiro atoms. The summed E-state index contributed by atoms with van der Waals surface area (Å²) in [4.78, 5) is 11.4. The van der Waals surface area contributed by atoms with Gasteiger partial charge in [0.15, 0.2) is 0 Å². The minimum atomic E-state index is 0.00677. The molecule has 1 amide bonds. The van der Waals surface area contributed by atoms with Crippen LogP contribution in [0.4, 0.5) is 5.69 Å². The first-order chi connectivity index (χ1) is 7.13. The van der Waals surface area contributed by atoms with Gasteiger partial charge in [0.05, 0.1) is 5.69 Å². The highest BCUT2D eigenvalue weighted by atomic mass is 79.9. The van der Waals surface area contributed by atoms with Crippen LogP contribution in [-0.2, 0) is 4.79 Å². The molecule has 0 unspecified atom stereocenters. The van der Waals surface area contributed by atoms with Crippen molar-refractivity contribution in [2.24, 2.45) is 0 Å². The van der Waals surface area contributed by atoms with E-state index in [0.717, 1.165) is 10.2 Å². The van der Waals surface area contributed by atoms with Crippen molar-refractivity contribution in [1.29, 1.82) is 0 Å². The van der Waals surface area contributed by atoms with Gasteiger partial charge >= 0.3 is 0 Å². The molecule has 1 aromatic carbocycles. The molecular formula is C10H11BrClNOS. The molecule has 15 heavy (non-hydrogen) atoms. The van der Waals surface area contributed by atoms with Crippen LogP contribution >= 0.6 is 39.3 Å². The van der Waals surface area contributed by atoms with E-state index in [1.807, 2.05) is 12.3 Å². The largest absolute Gasteiger partial charge is 0.325 e. The third-order valence-electron chi connectivity index (χ3n) is 1.74. The summed E-state index contributed by atoms with van der Waals surface area (Å²) in [5.74, 6) is 0.830. The van der Waals surface area contributed by atoms with Gasteiger partial charge in [-0.2, -0.15) is 11.8 Å². The van der Waals surface area contributed by atoms with Crippen molar-refractivity contribution in [3.63, 3.8) is 0 Å². The molecule has 2 nitrogen and oxygen atoms in total. The van der Waals surface area contributed by atoms with Gasteiger partial charge in [-0.05, 0) is 40.4 Å². The van der Waals surface area contributed by atoms with Crippen LogP contribution < -0.4 is 5.32 Å². The summed E-state index contributed by atoms with van der Waals surface area (Å²) in [5, 5.41) is 3.41. The highest BCUT2D eigenvalue weighted by molar-refractivity contribution is 9.10. The lowest BCUT2D eigenvalue weighted by Gasteiger charge is -2.07. The fourth-order valence-corrected chi connectivity index (χ4v) is 1.91. The summed E-state index contributed by atoms with van der Waals surface area (Å²) in [7, 11) is 0. The Kier molecular flexibility index (Phi) is 5.50. The minimum absolute atomic E-state index is 0.00677. The molecule has 0 fully saturated rings. The molecule has 5 heteroatoms. The number of amides is 1. The monoisotopic (exact) mass is 307 g/mol. The van der Waals surface area contributed by atoms with Crippen LogP contribution in [0.5, 0.6) is 0 Å². The van der Waals surface area contributed by atoms with E-state index in [1.54, 1.807) is 23.9 Å². The normalized spacial score (nSPS) is 10.1. The van der Waals surface area contributed by atoms with Crippen molar-refractivity contribution in [3.05, 3.63) is 27.7 Å². The predicted molar refractivity (Wildman–Crippen MR) is 70.8 cm³/mol. The van der Waals surface area contributed by atoms with Crippen molar-refractivity contribution in [3.8, 4) is 0 Å². The molecule has 0 aromatic heterocycles. The van der Waals surface area contributed by atoms with Gasteiger partial charge in [0, 0.05) is 21.7 Å². The highest BCUT2D eigenvalue weighted by Gasteiger charge is 2.05. The molecule has 0 aliphatic rings. The summed E-state index contributed by atoms with van der Waals surface area (Å²) >= 11 is 10.8. The maximum atomic E-state index is 11.4. The smallest absolute Gasteiger partial charge is 0.225 e. The molecule has 0 heterocycles. The van der Waals surface area contributed by atoms with Crippen molar-refractivity contribution >= 4 is 50.9 Å². The minimum Gasteiger partial charge on any atom is -0.325 e. The van der Waals surface area contributed by atoms with Crippen LogP contribution in [0.3, 0.4) is 0 Å². The van der Waals surface area contributed by atoms with Gasteiger partial charge in [-0.3, -0.25) is 4.79 Å². The molecule has 0 bridgehead atoms. The Labute approximate surface area is 107 Å². The number of halogens is 2. The molecule has 1 aromatic rings. The summed E-state index contributed by atoms with van der Waals surface area (Å²) < 4.78 is 0.837. The van der Waals surface area contributed by atoms with E-state index in [2.05, 4.69) is 21.2 Å². The van der Waals surface area contributed by atoms with Gasteiger partial charge < -0.3 is 5.32 Å². The zero-order valence-corrected chi connectivity index (χ0v) is 11.4. The van der Waals surface area contributed by atoms with Crippen LogP contribution in [0.15, 0.2) is 22.7 Å². The summed E-state index contributed by atoms with van der Waals surface area (Å²) in [6.07, 6.45) is 2.49. The molecule has 0 radical (unpaired) electrons. The van der Waals surface area contributed by atoms with E-state index in [1.165, 1.54) is 0 Å². The molecule has 0 saturated carbocycles. The van der Waals surface area contributed by atoms with Crippen molar-refractivity contribution in [2.45, 2.75) is 6.42 Å². The zero-order chi connectivity index (χ0) is 11.3. The third-order valence-corrected chi connectivity index (χ3v) is 3.27. The lowest BCUT2D eigenvalue weighted by Crippen LogP contribution is -2.12. The number of carbonyl (C=O) groups is 1. The first-order valence-corrected chi connectivity index (χ1v) is 6.94. The molecule has 82 valence electrons. The highest BCUT2D eigenvalue weighted by Crippen LogP contribution is 2.25. The summed E-state index contributed by atoms with van der Waals surface area (Å²) in [6.45, 7) is 0. The lowest BCUT2D eigenvalue weighted by atomic mass is 10.3. The maximum absolute atomic E-state index is 11.4. The van der Waals surface area contributed by atoms with E-state index in [9.17, 15) is 4.79 Å². The van der Waals surface area contributed by atoms with Gasteiger partial charge in [-0.15, -0.1) is 0 Å². The van der Waals surface area contributed by atoms with Crippen molar-refractivity contribution < 1.29 is 4.79 Å². The first-order valence-electron chi connectivity index (χ1n) is 4.37. The van der Waals surface area contributed by atoms with Crippen molar-refractivity contribution in [1.82, 2.24) is 0 Å². The van der Waals surface area contributed by atoms with Crippen LogP contribution in [0.2, 0.25) is 5.02 Å². The fourth-order valence-electron chi connectivity index (χ4n) is 1.00. The predicted octanol–water partition coefficient (Wildman–Crippen LogP) is 3.79. The van der Waals surface area contributed by atoms with Gasteiger partial charge in [0.25, 0.3) is 0 Å². The Morgan fingerprint density at radius 1 is 1.60 bits per heavy atom. The average Bonchev–Trinajstić information content (AvgIpc) is 2.20. The summed E-state index contributed by atoms with van der Waals surface area (Å²) in [6, 6.07) is 5.30. The van der Waals surface area contributed by atoms with E-state index < -0.39 is 0 Å². The second kappa shape index (κ2) is 6.40. The van der Waals surface area contributed by atoms with Crippen LogP contribution in [-0.4, -0.2) is 17.9 Å². The zero-order valence-electron chi connectivity index (χ0n) is 8.22. The van der Waals surface area contributed by atoms with E-state index >= 15 is 0 Å². The molecule has 1 N–H and O–H groups in total.